The van der Waals surface area contributed by atoms with Crippen LogP contribution in [-0.2, 0) is 9.53 Å². The number of benzene rings is 2. The molecule has 0 saturated carbocycles. The van der Waals surface area contributed by atoms with Gasteiger partial charge in [-0.3, -0.25) is 4.79 Å². The van der Waals surface area contributed by atoms with Gasteiger partial charge in [0.15, 0.2) is 6.10 Å². The Hall–Kier alpha value is -2.97. The van der Waals surface area contributed by atoms with Crippen LogP contribution in [-0.4, -0.2) is 30.6 Å². The summed E-state index contributed by atoms with van der Waals surface area (Å²) >= 11 is 0. The molecule has 1 aliphatic heterocycles. The molecule has 0 radical (unpaired) electrons. The Morgan fingerprint density at radius 2 is 1.92 bits per heavy atom. The van der Waals surface area contributed by atoms with Crippen molar-refractivity contribution < 1.29 is 13.9 Å². The van der Waals surface area contributed by atoms with Gasteiger partial charge in [0.1, 0.15) is 5.82 Å². The molecule has 25 heavy (non-hydrogen) atoms. The molecule has 0 spiro atoms. The van der Waals surface area contributed by atoms with Crippen LogP contribution >= 0.6 is 0 Å². The van der Waals surface area contributed by atoms with E-state index in [1.165, 1.54) is 19.2 Å². The number of methoxy groups -OCH3 is 1. The van der Waals surface area contributed by atoms with Gasteiger partial charge in [-0.2, -0.15) is 5.26 Å². The largest absolute Gasteiger partial charge is 0.369 e. The summed E-state index contributed by atoms with van der Waals surface area (Å²) in [5, 5.41) is 9.42. The molecule has 1 heterocycles. The Labute approximate surface area is 145 Å². The molecule has 0 aliphatic carbocycles. The zero-order chi connectivity index (χ0) is 17.8. The second kappa shape index (κ2) is 7.29. The molecule has 4 nitrogen and oxygen atoms in total. The molecule has 5 heteroatoms. The van der Waals surface area contributed by atoms with E-state index < -0.39 is 6.10 Å². The summed E-state index contributed by atoms with van der Waals surface area (Å²) in [6, 6.07) is 17.3. The molecule has 2 atom stereocenters. The molecule has 126 valence electrons. The summed E-state index contributed by atoms with van der Waals surface area (Å²) in [6.07, 6.45) is 1.15. The van der Waals surface area contributed by atoms with Gasteiger partial charge in [0.2, 0.25) is 0 Å². The average Bonchev–Trinajstić information content (AvgIpc) is 2.64. The quantitative estimate of drug-likeness (QED) is 0.622. The van der Waals surface area contributed by atoms with Gasteiger partial charge < -0.3 is 9.64 Å². The lowest BCUT2D eigenvalue weighted by atomic mass is 9.90. The number of β-lactam (4-membered cyclic amide) rings is 1. The highest BCUT2D eigenvalue weighted by molar-refractivity contribution is 5.89. The van der Waals surface area contributed by atoms with Gasteiger partial charge >= 0.3 is 0 Å². The van der Waals surface area contributed by atoms with Gasteiger partial charge in [-0.25, -0.2) is 4.39 Å². The van der Waals surface area contributed by atoms with Crippen LogP contribution in [0.15, 0.2) is 60.2 Å². The summed E-state index contributed by atoms with van der Waals surface area (Å²) < 4.78 is 18.4. The fourth-order valence-electron chi connectivity index (χ4n) is 2.98. The number of halogens is 1. The van der Waals surface area contributed by atoms with Crippen LogP contribution in [0.5, 0.6) is 0 Å². The van der Waals surface area contributed by atoms with Crippen LogP contribution in [0.2, 0.25) is 0 Å². The van der Waals surface area contributed by atoms with E-state index >= 15 is 0 Å². The summed E-state index contributed by atoms with van der Waals surface area (Å²) in [4.78, 5) is 13.9. The summed E-state index contributed by atoms with van der Waals surface area (Å²) in [5.41, 5.74) is 2.15. The molecular formula is C20H17FN2O2. The van der Waals surface area contributed by atoms with Crippen LogP contribution < -0.4 is 0 Å². The van der Waals surface area contributed by atoms with Gasteiger partial charge in [-0.1, -0.05) is 42.5 Å². The van der Waals surface area contributed by atoms with Gasteiger partial charge in [0, 0.05) is 12.7 Å². The van der Waals surface area contributed by atoms with Crippen LogP contribution in [0.25, 0.3) is 6.08 Å². The number of carbonyl (C=O) groups excluding carboxylic acids is 1. The Kier molecular flexibility index (Phi) is 4.92. The van der Waals surface area contributed by atoms with Crippen LogP contribution in [0.3, 0.4) is 0 Å². The molecule has 0 bridgehead atoms. The van der Waals surface area contributed by atoms with Crippen molar-refractivity contribution in [3.63, 3.8) is 0 Å². The molecule has 2 aromatic rings. The van der Waals surface area contributed by atoms with Crippen LogP contribution in [0, 0.1) is 17.1 Å². The SMILES string of the molecule is CO[C@@H]1C(=O)N(C/C(C#N)=C/c2ccccc2)[C@@H]1c1ccc(F)cc1. The number of amides is 1. The van der Waals surface area contributed by atoms with Crippen molar-refractivity contribution >= 4 is 12.0 Å². The Morgan fingerprint density at radius 3 is 2.52 bits per heavy atom. The molecule has 0 unspecified atom stereocenters. The number of likely N-dealkylation sites (tertiary alicyclic amines) is 1. The third-order valence-electron chi connectivity index (χ3n) is 4.24. The van der Waals surface area contributed by atoms with Crippen molar-refractivity contribution in [3.8, 4) is 6.07 Å². The molecule has 0 N–H and O–H groups in total. The molecule has 1 fully saturated rings. The average molecular weight is 336 g/mol. The highest BCUT2D eigenvalue weighted by atomic mass is 19.1. The second-order valence-corrected chi connectivity index (χ2v) is 5.81. The Bertz CT molecular complexity index is 825. The second-order valence-electron chi connectivity index (χ2n) is 5.81. The molecule has 1 saturated heterocycles. The number of nitriles is 1. The van der Waals surface area contributed by atoms with E-state index in [-0.39, 0.29) is 24.3 Å². The summed E-state index contributed by atoms with van der Waals surface area (Å²) in [7, 11) is 1.47. The van der Waals surface area contributed by atoms with E-state index in [2.05, 4.69) is 6.07 Å². The Balaban J connectivity index is 1.84. The van der Waals surface area contributed by atoms with E-state index in [0.29, 0.717) is 5.57 Å². The highest BCUT2D eigenvalue weighted by Crippen LogP contribution is 2.37. The van der Waals surface area contributed by atoms with E-state index in [1.54, 1.807) is 23.1 Å². The smallest absolute Gasteiger partial charge is 0.255 e. The van der Waals surface area contributed by atoms with E-state index in [1.807, 2.05) is 30.3 Å². The number of hydrogen-bond donors (Lipinski definition) is 0. The maximum Gasteiger partial charge on any atom is 0.255 e. The minimum absolute atomic E-state index is 0.175. The van der Waals surface area contributed by atoms with Crippen molar-refractivity contribution in [2.24, 2.45) is 0 Å². The maximum absolute atomic E-state index is 13.2. The summed E-state index contributed by atoms with van der Waals surface area (Å²) in [6.45, 7) is 0.187. The van der Waals surface area contributed by atoms with Crippen molar-refractivity contribution in [1.29, 1.82) is 5.26 Å². The lowest BCUT2D eigenvalue weighted by molar-refractivity contribution is -0.170. The number of rotatable bonds is 5. The van der Waals surface area contributed by atoms with Crippen LogP contribution in [0.1, 0.15) is 17.2 Å². The van der Waals surface area contributed by atoms with Gasteiger partial charge in [-0.05, 0) is 29.3 Å². The third-order valence-corrected chi connectivity index (χ3v) is 4.24. The first kappa shape index (κ1) is 16.9. The van der Waals surface area contributed by atoms with E-state index in [0.717, 1.165) is 11.1 Å². The zero-order valence-corrected chi connectivity index (χ0v) is 13.7. The van der Waals surface area contributed by atoms with Gasteiger partial charge in [0.05, 0.1) is 18.7 Å². The predicted octanol–water partition coefficient (Wildman–Crippen LogP) is 3.33. The number of hydrogen-bond acceptors (Lipinski definition) is 3. The lowest BCUT2D eigenvalue weighted by Crippen LogP contribution is -2.59. The standard InChI is InChI=1S/C20H17FN2O2/c1-25-19-18(16-7-9-17(21)10-8-16)23(20(19)24)13-15(12-22)11-14-5-3-2-4-6-14/h2-11,18-19H,13H2,1H3/b15-11+/t18-,19+/m1/s1. The van der Waals surface area contributed by atoms with Gasteiger partial charge in [-0.15, -0.1) is 0 Å². The maximum atomic E-state index is 13.2. The molecule has 2 aromatic carbocycles. The first-order chi connectivity index (χ1) is 12.1. The molecule has 1 aliphatic rings. The van der Waals surface area contributed by atoms with E-state index in [9.17, 15) is 14.4 Å². The van der Waals surface area contributed by atoms with Crippen molar-refractivity contribution in [2.75, 3.05) is 13.7 Å². The van der Waals surface area contributed by atoms with Crippen molar-refractivity contribution in [3.05, 3.63) is 77.1 Å². The van der Waals surface area contributed by atoms with Crippen molar-refractivity contribution in [1.82, 2.24) is 4.90 Å². The number of nitrogens with zero attached hydrogens (tertiary/aromatic N) is 2. The fourth-order valence-corrected chi connectivity index (χ4v) is 2.98. The third kappa shape index (κ3) is 3.44. The molecule has 0 aromatic heterocycles. The predicted molar refractivity (Wildman–Crippen MR) is 91.7 cm³/mol. The Morgan fingerprint density at radius 1 is 1.24 bits per heavy atom. The fraction of sp³-hybridized carbons (Fsp3) is 0.200. The number of ether oxygens (including phenoxy) is 1. The first-order valence-corrected chi connectivity index (χ1v) is 7.88. The topological polar surface area (TPSA) is 53.3 Å². The van der Waals surface area contributed by atoms with Crippen molar-refractivity contribution in [2.45, 2.75) is 12.1 Å². The molecule has 3 rings (SSSR count). The minimum Gasteiger partial charge on any atom is -0.369 e. The molecular weight excluding hydrogens is 319 g/mol. The first-order valence-electron chi connectivity index (χ1n) is 7.88. The minimum atomic E-state index is -0.609. The normalized spacial score (nSPS) is 20.1. The lowest BCUT2D eigenvalue weighted by Gasteiger charge is -2.46. The highest BCUT2D eigenvalue weighted by Gasteiger charge is 2.48. The zero-order valence-electron chi connectivity index (χ0n) is 13.7. The van der Waals surface area contributed by atoms with E-state index in [4.69, 9.17) is 4.74 Å². The molecule has 1 amide bonds. The van der Waals surface area contributed by atoms with Crippen LogP contribution in [0.4, 0.5) is 4.39 Å². The van der Waals surface area contributed by atoms with Gasteiger partial charge in [0.25, 0.3) is 5.91 Å². The monoisotopic (exact) mass is 336 g/mol. The number of carbonyl (C=O) groups is 1. The summed E-state index contributed by atoms with van der Waals surface area (Å²) in [5.74, 6) is -0.511.